The number of hydrogen-bond donors (Lipinski definition) is 1. The van der Waals surface area contributed by atoms with Crippen LogP contribution in [0, 0.1) is 11.6 Å². The van der Waals surface area contributed by atoms with Crippen LogP contribution in [-0.2, 0) is 0 Å². The van der Waals surface area contributed by atoms with Crippen molar-refractivity contribution in [3.05, 3.63) is 29.3 Å². The summed E-state index contributed by atoms with van der Waals surface area (Å²) in [7, 11) is 0. The van der Waals surface area contributed by atoms with E-state index in [1.807, 2.05) is 13.8 Å². The number of nitrogens with zero attached hydrogens (tertiary/aromatic N) is 1. The first kappa shape index (κ1) is 14.4. The summed E-state index contributed by atoms with van der Waals surface area (Å²) in [5, 5.41) is 0. The van der Waals surface area contributed by atoms with Gasteiger partial charge in [0.1, 0.15) is 17.3 Å². The van der Waals surface area contributed by atoms with Gasteiger partial charge in [-0.25, -0.2) is 8.78 Å². The van der Waals surface area contributed by atoms with Gasteiger partial charge in [0.05, 0.1) is 0 Å². The van der Waals surface area contributed by atoms with Gasteiger partial charge in [0.2, 0.25) is 0 Å². The van der Waals surface area contributed by atoms with Gasteiger partial charge in [0, 0.05) is 18.7 Å². The van der Waals surface area contributed by atoms with E-state index in [4.69, 9.17) is 5.73 Å². The van der Waals surface area contributed by atoms with Crippen LogP contribution < -0.4 is 5.73 Å². The second-order valence-corrected chi connectivity index (χ2v) is 4.15. The highest BCUT2D eigenvalue weighted by atomic mass is 19.1. The second-order valence-electron chi connectivity index (χ2n) is 4.15. The maximum Gasteiger partial charge on any atom is 0.254 e. The molecule has 5 heteroatoms. The van der Waals surface area contributed by atoms with Crippen LogP contribution in [0.3, 0.4) is 0 Å². The molecular weight excluding hydrogens is 238 g/mol. The number of carbonyl (C=O) groups excluding carboxylic acids is 1. The molecule has 1 amide bonds. The Balaban J connectivity index is 3.01. The van der Waals surface area contributed by atoms with E-state index in [1.165, 1.54) is 0 Å². The Kier molecular flexibility index (Phi) is 5.07. The highest BCUT2D eigenvalue weighted by molar-refractivity contribution is 5.94. The summed E-state index contributed by atoms with van der Waals surface area (Å²) in [5.41, 5.74) is 4.62. The van der Waals surface area contributed by atoms with Crippen LogP contribution in [-0.4, -0.2) is 23.9 Å². The molecule has 0 heterocycles. The molecule has 0 aliphatic rings. The Bertz CT molecular complexity index is 406. The number of benzene rings is 1. The van der Waals surface area contributed by atoms with Gasteiger partial charge in [0.25, 0.3) is 5.91 Å². The number of hydrogen-bond acceptors (Lipinski definition) is 2. The fraction of sp³-hybridized carbons (Fsp3) is 0.462. The zero-order chi connectivity index (χ0) is 13.7. The third kappa shape index (κ3) is 3.18. The van der Waals surface area contributed by atoms with E-state index in [-0.39, 0.29) is 11.5 Å². The van der Waals surface area contributed by atoms with Gasteiger partial charge in [-0.3, -0.25) is 4.79 Å². The molecule has 0 aliphatic carbocycles. The van der Waals surface area contributed by atoms with E-state index in [2.05, 4.69) is 0 Å². The molecule has 0 unspecified atom stereocenters. The topological polar surface area (TPSA) is 46.3 Å². The zero-order valence-electron chi connectivity index (χ0n) is 10.7. The summed E-state index contributed by atoms with van der Waals surface area (Å²) in [4.78, 5) is 13.7. The molecule has 3 nitrogen and oxygen atoms in total. The highest BCUT2D eigenvalue weighted by Gasteiger charge is 2.17. The molecular formula is C13H18F2N2O. The number of amides is 1. The predicted octanol–water partition coefficient (Wildman–Crippen LogP) is 2.81. The Morgan fingerprint density at radius 2 is 1.61 bits per heavy atom. The van der Waals surface area contributed by atoms with Crippen LogP contribution in [0.4, 0.5) is 14.5 Å². The summed E-state index contributed by atoms with van der Waals surface area (Å²) in [6, 6.07) is 1.97. The maximum atomic E-state index is 13.3. The molecule has 0 spiro atoms. The lowest BCUT2D eigenvalue weighted by molar-refractivity contribution is 0.0754. The number of anilines is 1. The quantitative estimate of drug-likeness (QED) is 0.823. The van der Waals surface area contributed by atoms with Crippen molar-refractivity contribution in [3.63, 3.8) is 0 Å². The van der Waals surface area contributed by atoms with Crippen LogP contribution >= 0.6 is 0 Å². The lowest BCUT2D eigenvalue weighted by Gasteiger charge is -2.21. The van der Waals surface area contributed by atoms with Crippen LogP contribution in [0.2, 0.25) is 0 Å². The molecule has 2 N–H and O–H groups in total. The van der Waals surface area contributed by atoms with E-state index in [9.17, 15) is 13.6 Å². The van der Waals surface area contributed by atoms with Gasteiger partial charge in [-0.2, -0.15) is 0 Å². The first-order valence-corrected chi connectivity index (χ1v) is 6.05. The van der Waals surface area contributed by atoms with Crippen molar-refractivity contribution in [2.75, 3.05) is 18.8 Å². The van der Waals surface area contributed by atoms with Gasteiger partial charge in [-0.15, -0.1) is 0 Å². The van der Waals surface area contributed by atoms with Gasteiger partial charge in [0.15, 0.2) is 0 Å². The second kappa shape index (κ2) is 6.33. The first-order valence-electron chi connectivity index (χ1n) is 6.05. The van der Waals surface area contributed by atoms with Crippen LogP contribution in [0.25, 0.3) is 0 Å². The molecule has 1 aromatic carbocycles. The first-order chi connectivity index (χ1) is 8.51. The van der Waals surface area contributed by atoms with E-state index >= 15 is 0 Å². The number of rotatable bonds is 5. The summed E-state index contributed by atoms with van der Waals surface area (Å²) in [6.45, 7) is 5.03. The maximum absolute atomic E-state index is 13.3. The van der Waals surface area contributed by atoms with Crippen molar-refractivity contribution in [1.82, 2.24) is 4.90 Å². The van der Waals surface area contributed by atoms with Crippen LogP contribution in [0.15, 0.2) is 12.1 Å². The predicted molar refractivity (Wildman–Crippen MR) is 67.3 cm³/mol. The van der Waals surface area contributed by atoms with Gasteiger partial charge < -0.3 is 10.6 Å². The van der Waals surface area contributed by atoms with Crippen molar-refractivity contribution in [2.24, 2.45) is 0 Å². The Morgan fingerprint density at radius 1 is 1.17 bits per heavy atom. The van der Waals surface area contributed by atoms with E-state index in [1.54, 1.807) is 4.90 Å². The summed E-state index contributed by atoms with van der Waals surface area (Å²) < 4.78 is 26.6. The standard InChI is InChI=1S/C13H18F2N2O/c1-3-5-17(6-4-2)13(18)9-7-10(14)12(16)11(15)8-9/h7-8H,3-6,16H2,1-2H3. The lowest BCUT2D eigenvalue weighted by Crippen LogP contribution is -2.32. The van der Waals surface area contributed by atoms with Crippen LogP contribution in [0.5, 0.6) is 0 Å². The van der Waals surface area contributed by atoms with Gasteiger partial charge >= 0.3 is 0 Å². The smallest absolute Gasteiger partial charge is 0.254 e. The summed E-state index contributed by atoms with van der Waals surface area (Å²) >= 11 is 0. The molecule has 0 radical (unpaired) electrons. The molecule has 0 saturated heterocycles. The van der Waals surface area contributed by atoms with Gasteiger partial charge in [-0.05, 0) is 25.0 Å². The Hall–Kier alpha value is -1.65. The molecule has 100 valence electrons. The molecule has 0 aromatic heterocycles. The van der Waals surface area contributed by atoms with E-state index in [0.717, 1.165) is 25.0 Å². The minimum Gasteiger partial charge on any atom is -0.394 e. The van der Waals surface area contributed by atoms with Crippen molar-refractivity contribution in [3.8, 4) is 0 Å². The summed E-state index contributed by atoms with van der Waals surface area (Å²) in [6.07, 6.45) is 1.59. The molecule has 0 saturated carbocycles. The van der Waals surface area contributed by atoms with Crippen molar-refractivity contribution in [2.45, 2.75) is 26.7 Å². The molecule has 18 heavy (non-hydrogen) atoms. The van der Waals surface area contributed by atoms with Crippen molar-refractivity contribution < 1.29 is 13.6 Å². The van der Waals surface area contributed by atoms with Crippen molar-refractivity contribution >= 4 is 11.6 Å². The zero-order valence-corrected chi connectivity index (χ0v) is 10.7. The Morgan fingerprint density at radius 3 is 2.00 bits per heavy atom. The van der Waals surface area contributed by atoms with Crippen molar-refractivity contribution in [1.29, 1.82) is 0 Å². The number of halogens is 2. The Labute approximate surface area is 106 Å². The number of nitrogens with two attached hydrogens (primary N) is 1. The molecule has 0 fully saturated rings. The van der Waals surface area contributed by atoms with Crippen LogP contribution in [0.1, 0.15) is 37.0 Å². The third-order valence-corrected chi connectivity index (χ3v) is 2.60. The monoisotopic (exact) mass is 256 g/mol. The number of nitrogen functional groups attached to an aromatic ring is 1. The largest absolute Gasteiger partial charge is 0.394 e. The minimum absolute atomic E-state index is 0.00102. The minimum atomic E-state index is -0.897. The SMILES string of the molecule is CCCN(CCC)C(=O)c1cc(F)c(N)c(F)c1. The normalized spacial score (nSPS) is 10.4. The lowest BCUT2D eigenvalue weighted by atomic mass is 10.1. The molecule has 0 atom stereocenters. The molecule has 1 aromatic rings. The molecule has 0 bridgehead atoms. The van der Waals surface area contributed by atoms with Gasteiger partial charge in [-0.1, -0.05) is 13.8 Å². The molecule has 1 rings (SSSR count). The third-order valence-electron chi connectivity index (χ3n) is 2.60. The molecule has 0 aliphatic heterocycles. The number of carbonyl (C=O) groups is 1. The summed E-state index contributed by atoms with van der Waals surface area (Å²) in [5.74, 6) is -2.16. The fourth-order valence-electron chi connectivity index (χ4n) is 1.75. The van der Waals surface area contributed by atoms with E-state index in [0.29, 0.717) is 13.1 Å². The highest BCUT2D eigenvalue weighted by Crippen LogP contribution is 2.18. The average molecular weight is 256 g/mol. The fourth-order valence-corrected chi connectivity index (χ4v) is 1.75. The van der Waals surface area contributed by atoms with E-state index < -0.39 is 17.3 Å². The average Bonchev–Trinajstić information content (AvgIpc) is 2.34.